The van der Waals surface area contributed by atoms with Crippen molar-refractivity contribution in [2.24, 2.45) is 5.73 Å². The van der Waals surface area contributed by atoms with Crippen LogP contribution in [0.2, 0.25) is 0 Å². The fourth-order valence-corrected chi connectivity index (χ4v) is 1.66. The van der Waals surface area contributed by atoms with Crippen LogP contribution in [0, 0.1) is 0 Å². The molecule has 1 amide bonds. The van der Waals surface area contributed by atoms with E-state index in [1.54, 1.807) is 0 Å². The molecule has 0 radical (unpaired) electrons. The van der Waals surface area contributed by atoms with Crippen molar-refractivity contribution in [3.63, 3.8) is 0 Å². The molecule has 0 heterocycles. The molecule has 0 aliphatic rings. The normalized spacial score (nSPS) is 13.1. The highest BCUT2D eigenvalue weighted by Gasteiger charge is 2.25. The van der Waals surface area contributed by atoms with Crippen molar-refractivity contribution in [3.05, 3.63) is 0 Å². The first-order chi connectivity index (χ1) is 10.4. The maximum Gasteiger partial charge on any atom is 0.466 e. The van der Waals surface area contributed by atoms with Crippen LogP contribution in [0.5, 0.6) is 0 Å². The molecule has 0 saturated carbocycles. The van der Waals surface area contributed by atoms with E-state index in [-0.39, 0.29) is 0 Å². The van der Waals surface area contributed by atoms with E-state index in [1.165, 1.54) is 18.9 Å². The fourth-order valence-electron chi connectivity index (χ4n) is 1.19. The molecule has 23 heavy (non-hydrogen) atoms. The third-order valence-electron chi connectivity index (χ3n) is 2.14. The standard InChI is InChI=1S/C10H18N2O5S.H3O4P/c1-17-10(16)7(3-4-18-2)12-9(15)6(11)5-8(13)14;1-5(2,3)4/h6-7H,3-5,11H2,1-2H3,(H,12,15)(H,13,14);(H3,1,2,3,4)/t6-,7-;/m0./s1. The molecule has 0 saturated heterocycles. The molecular formula is C10H21N2O9PS. The van der Waals surface area contributed by atoms with Gasteiger partial charge in [0.25, 0.3) is 0 Å². The Morgan fingerprint density at radius 2 is 1.78 bits per heavy atom. The predicted molar refractivity (Wildman–Crippen MR) is 81.4 cm³/mol. The number of carbonyl (C=O) groups is 3. The fraction of sp³-hybridized carbons (Fsp3) is 0.700. The van der Waals surface area contributed by atoms with Crippen molar-refractivity contribution >= 4 is 37.4 Å². The van der Waals surface area contributed by atoms with Gasteiger partial charge in [-0.1, -0.05) is 0 Å². The zero-order valence-electron chi connectivity index (χ0n) is 12.5. The van der Waals surface area contributed by atoms with Gasteiger partial charge in [-0.15, -0.1) is 0 Å². The molecule has 0 unspecified atom stereocenters. The van der Waals surface area contributed by atoms with E-state index in [0.29, 0.717) is 12.2 Å². The molecule has 2 atom stereocenters. The average Bonchev–Trinajstić information content (AvgIpc) is 2.39. The Kier molecular flexibility index (Phi) is 12.9. The monoisotopic (exact) mass is 376 g/mol. The van der Waals surface area contributed by atoms with Crippen LogP contribution in [-0.4, -0.2) is 68.8 Å². The lowest BCUT2D eigenvalue weighted by Crippen LogP contribution is -2.49. The molecule has 0 fully saturated rings. The number of aliphatic carboxylic acids is 1. The van der Waals surface area contributed by atoms with Gasteiger partial charge in [-0.05, 0) is 18.4 Å². The number of thioether (sulfide) groups is 1. The second-order valence-electron chi connectivity index (χ2n) is 4.08. The highest BCUT2D eigenvalue weighted by molar-refractivity contribution is 7.98. The van der Waals surface area contributed by atoms with Gasteiger partial charge < -0.3 is 35.6 Å². The maximum atomic E-state index is 11.6. The van der Waals surface area contributed by atoms with E-state index in [4.69, 9.17) is 30.1 Å². The Morgan fingerprint density at radius 1 is 1.30 bits per heavy atom. The lowest BCUT2D eigenvalue weighted by molar-refractivity contribution is -0.145. The smallest absolute Gasteiger partial charge is 0.466 e. The predicted octanol–water partition coefficient (Wildman–Crippen LogP) is -1.73. The van der Waals surface area contributed by atoms with Gasteiger partial charge in [0.2, 0.25) is 5.91 Å². The number of carboxylic acid groups (broad SMARTS) is 1. The van der Waals surface area contributed by atoms with Gasteiger partial charge in [-0.25, -0.2) is 9.36 Å². The minimum atomic E-state index is -4.64. The molecule has 0 aromatic rings. The lowest BCUT2D eigenvalue weighted by Gasteiger charge is -2.18. The topological polar surface area (TPSA) is 196 Å². The van der Waals surface area contributed by atoms with E-state index >= 15 is 0 Å². The number of nitrogens with two attached hydrogens (primary N) is 1. The minimum Gasteiger partial charge on any atom is -0.481 e. The van der Waals surface area contributed by atoms with Crippen molar-refractivity contribution in [1.82, 2.24) is 5.32 Å². The second kappa shape index (κ2) is 12.3. The summed E-state index contributed by atoms with van der Waals surface area (Å²) < 4.78 is 13.4. The highest BCUT2D eigenvalue weighted by atomic mass is 32.2. The van der Waals surface area contributed by atoms with Crippen molar-refractivity contribution in [2.45, 2.75) is 24.9 Å². The number of hydrogen-bond donors (Lipinski definition) is 6. The Bertz CT molecular complexity index is 434. The maximum absolute atomic E-state index is 11.6. The molecule has 0 spiro atoms. The number of amides is 1. The molecular weight excluding hydrogens is 355 g/mol. The summed E-state index contributed by atoms with van der Waals surface area (Å²) in [5, 5.41) is 10.9. The molecule has 136 valence electrons. The Hall–Kier alpha value is -1.17. The first kappa shape index (κ1) is 24.1. The molecule has 0 aliphatic carbocycles. The first-order valence-corrected chi connectivity index (χ1v) is 9.01. The third kappa shape index (κ3) is 17.0. The molecule has 0 bridgehead atoms. The van der Waals surface area contributed by atoms with Gasteiger partial charge in [-0.3, -0.25) is 9.59 Å². The Balaban J connectivity index is 0. The number of phosphoric acid groups is 1. The number of ether oxygens (including phenoxy) is 1. The van der Waals surface area contributed by atoms with E-state index < -0.39 is 44.2 Å². The van der Waals surface area contributed by atoms with Crippen LogP contribution >= 0.6 is 19.6 Å². The Labute approximate surface area is 136 Å². The van der Waals surface area contributed by atoms with E-state index in [1.807, 2.05) is 6.26 Å². The molecule has 0 aromatic carbocycles. The number of carboxylic acids is 1. The summed E-state index contributed by atoms with van der Waals surface area (Å²) in [6.07, 6.45) is 1.79. The zero-order chi connectivity index (χ0) is 18.6. The SMILES string of the molecule is COC(=O)[C@H](CCSC)NC(=O)[C@@H](N)CC(=O)O.O=P(O)(O)O. The summed E-state index contributed by atoms with van der Waals surface area (Å²) >= 11 is 1.52. The van der Waals surface area contributed by atoms with E-state index in [2.05, 4.69) is 10.1 Å². The van der Waals surface area contributed by atoms with Crippen LogP contribution in [0.1, 0.15) is 12.8 Å². The van der Waals surface area contributed by atoms with Crippen LogP contribution in [0.15, 0.2) is 0 Å². The van der Waals surface area contributed by atoms with Crippen LogP contribution in [0.4, 0.5) is 0 Å². The van der Waals surface area contributed by atoms with Crippen LogP contribution in [0.3, 0.4) is 0 Å². The summed E-state index contributed by atoms with van der Waals surface area (Å²) in [6, 6.07) is -1.97. The largest absolute Gasteiger partial charge is 0.481 e. The second-order valence-corrected chi connectivity index (χ2v) is 6.10. The number of esters is 1. The van der Waals surface area contributed by atoms with Crippen molar-refractivity contribution in [2.75, 3.05) is 19.1 Å². The number of nitrogens with one attached hydrogen (secondary N) is 1. The van der Waals surface area contributed by atoms with Crippen LogP contribution in [-0.2, 0) is 23.7 Å². The summed E-state index contributed by atoms with van der Waals surface area (Å²) in [6.45, 7) is 0. The third-order valence-corrected chi connectivity index (χ3v) is 2.79. The van der Waals surface area contributed by atoms with Gasteiger partial charge >= 0.3 is 19.8 Å². The zero-order valence-corrected chi connectivity index (χ0v) is 14.2. The summed E-state index contributed by atoms with van der Waals surface area (Å²) in [4.78, 5) is 54.9. The van der Waals surface area contributed by atoms with Crippen molar-refractivity contribution in [1.29, 1.82) is 0 Å². The number of methoxy groups -OCH3 is 1. The first-order valence-electron chi connectivity index (χ1n) is 6.05. The molecule has 0 aliphatic heterocycles. The van der Waals surface area contributed by atoms with Crippen LogP contribution in [0.25, 0.3) is 0 Å². The highest BCUT2D eigenvalue weighted by Crippen LogP contribution is 2.25. The molecule has 0 rings (SSSR count). The number of hydrogen-bond acceptors (Lipinski definition) is 7. The quantitative estimate of drug-likeness (QED) is 0.208. The van der Waals surface area contributed by atoms with Gasteiger partial charge in [0, 0.05) is 0 Å². The van der Waals surface area contributed by atoms with Crippen LogP contribution < -0.4 is 11.1 Å². The van der Waals surface area contributed by atoms with Gasteiger partial charge in [0.05, 0.1) is 19.6 Å². The lowest BCUT2D eigenvalue weighted by atomic mass is 10.1. The average molecular weight is 376 g/mol. The van der Waals surface area contributed by atoms with E-state index in [9.17, 15) is 14.4 Å². The van der Waals surface area contributed by atoms with E-state index in [0.717, 1.165) is 0 Å². The molecule has 11 nitrogen and oxygen atoms in total. The minimum absolute atomic E-state index is 0.402. The Morgan fingerprint density at radius 3 is 2.13 bits per heavy atom. The van der Waals surface area contributed by atoms with Gasteiger partial charge in [-0.2, -0.15) is 11.8 Å². The summed E-state index contributed by atoms with van der Waals surface area (Å²) in [5.74, 6) is -1.75. The number of carbonyl (C=O) groups excluding carboxylic acids is 2. The molecule has 7 N–H and O–H groups in total. The summed E-state index contributed by atoms with van der Waals surface area (Å²) in [7, 11) is -3.42. The summed E-state index contributed by atoms with van der Waals surface area (Å²) in [5.41, 5.74) is 5.39. The molecule has 13 heteroatoms. The molecule has 0 aromatic heterocycles. The van der Waals surface area contributed by atoms with Gasteiger partial charge in [0.1, 0.15) is 6.04 Å². The van der Waals surface area contributed by atoms with Gasteiger partial charge in [0.15, 0.2) is 0 Å². The van der Waals surface area contributed by atoms with Crippen molar-refractivity contribution in [3.8, 4) is 0 Å². The number of rotatable bonds is 8. The van der Waals surface area contributed by atoms with Crippen molar-refractivity contribution < 1.29 is 43.5 Å².